The lowest BCUT2D eigenvalue weighted by atomic mass is 10.2. The van der Waals surface area contributed by atoms with Crippen LogP contribution in [0.2, 0.25) is 5.02 Å². The number of halogens is 1. The molecule has 1 fully saturated rings. The Kier molecular flexibility index (Phi) is 5.37. The lowest BCUT2D eigenvalue weighted by Crippen LogP contribution is -2.46. The highest BCUT2D eigenvalue weighted by molar-refractivity contribution is 6.31. The molecule has 0 radical (unpaired) electrons. The van der Waals surface area contributed by atoms with E-state index in [4.69, 9.17) is 17.3 Å². The molecule has 1 aliphatic heterocycles. The summed E-state index contributed by atoms with van der Waals surface area (Å²) >= 11 is 6.19. The minimum absolute atomic E-state index is 0.573. The van der Waals surface area contributed by atoms with Crippen molar-refractivity contribution in [2.24, 2.45) is 0 Å². The second-order valence-electron chi connectivity index (χ2n) is 5.83. The van der Waals surface area contributed by atoms with Gasteiger partial charge in [0.1, 0.15) is 12.0 Å². The zero-order chi connectivity index (χ0) is 16.9. The molecule has 0 atom stereocenters. The maximum atomic E-state index is 6.31. The first-order valence-electron chi connectivity index (χ1n) is 8.24. The predicted molar refractivity (Wildman–Crippen MR) is 99.6 cm³/mol. The van der Waals surface area contributed by atoms with E-state index in [1.165, 1.54) is 0 Å². The van der Waals surface area contributed by atoms with Gasteiger partial charge in [-0.05, 0) is 18.2 Å². The maximum absolute atomic E-state index is 6.31. The molecule has 0 unspecified atom stereocenters. The van der Waals surface area contributed by atoms with E-state index in [1.807, 2.05) is 24.3 Å². The molecular formula is C17H23ClN6. The molecule has 6 nitrogen and oxygen atoms in total. The van der Waals surface area contributed by atoms with E-state index in [1.54, 1.807) is 6.33 Å². The molecule has 0 aliphatic carbocycles. The summed E-state index contributed by atoms with van der Waals surface area (Å²) in [6, 6.07) is 7.74. The fourth-order valence-corrected chi connectivity index (χ4v) is 3.08. The average Bonchev–Trinajstić information content (AvgIpc) is 2.62. The Bertz CT molecular complexity index is 685. The summed E-state index contributed by atoms with van der Waals surface area (Å²) in [5.41, 5.74) is 7.91. The van der Waals surface area contributed by atoms with Crippen LogP contribution in [0, 0.1) is 0 Å². The number of anilines is 3. The normalized spacial score (nSPS) is 15.5. The zero-order valence-corrected chi connectivity index (χ0v) is 14.6. The van der Waals surface area contributed by atoms with Crippen molar-refractivity contribution in [3.63, 3.8) is 0 Å². The first-order valence-corrected chi connectivity index (χ1v) is 8.62. The molecule has 3 N–H and O–H groups in total. The number of rotatable bonds is 5. The molecule has 0 bridgehead atoms. The number of nitrogen functional groups attached to an aromatic ring is 1. The standard InChI is InChI=1S/C17H23ClN6/c1-2-23-7-9-24(10-8-23)17-15(19)16(21-12-22-17)20-11-13-5-3-4-6-14(13)18/h3-6,12H,2,7-11,19H2,1H3,(H,20,21,22). The van der Waals surface area contributed by atoms with Crippen molar-refractivity contribution >= 4 is 28.9 Å². The monoisotopic (exact) mass is 346 g/mol. The van der Waals surface area contributed by atoms with Gasteiger partial charge in [-0.1, -0.05) is 36.7 Å². The minimum Gasteiger partial charge on any atom is -0.393 e. The maximum Gasteiger partial charge on any atom is 0.157 e. The second kappa shape index (κ2) is 7.68. The largest absolute Gasteiger partial charge is 0.393 e. The average molecular weight is 347 g/mol. The van der Waals surface area contributed by atoms with Gasteiger partial charge in [-0.25, -0.2) is 9.97 Å². The van der Waals surface area contributed by atoms with E-state index in [0.717, 1.165) is 49.1 Å². The molecule has 2 aromatic rings. The van der Waals surface area contributed by atoms with Gasteiger partial charge in [0.25, 0.3) is 0 Å². The summed E-state index contributed by atoms with van der Waals surface area (Å²) in [7, 11) is 0. The van der Waals surface area contributed by atoms with Gasteiger partial charge in [0.15, 0.2) is 11.6 Å². The number of likely N-dealkylation sites (N-methyl/N-ethyl adjacent to an activating group) is 1. The summed E-state index contributed by atoms with van der Waals surface area (Å²) < 4.78 is 0. The molecule has 0 spiro atoms. The van der Waals surface area contributed by atoms with Gasteiger partial charge in [-0.15, -0.1) is 0 Å². The predicted octanol–water partition coefficient (Wildman–Crippen LogP) is 2.47. The summed E-state index contributed by atoms with van der Waals surface area (Å²) in [5, 5.41) is 4.00. The van der Waals surface area contributed by atoms with Gasteiger partial charge in [-0.3, -0.25) is 0 Å². The first kappa shape index (κ1) is 16.8. The molecule has 1 saturated heterocycles. The van der Waals surface area contributed by atoms with E-state index in [9.17, 15) is 0 Å². The van der Waals surface area contributed by atoms with E-state index in [0.29, 0.717) is 18.1 Å². The third kappa shape index (κ3) is 3.71. The van der Waals surface area contributed by atoms with Crippen molar-refractivity contribution in [3.05, 3.63) is 41.2 Å². The molecule has 0 amide bonds. The number of nitrogens with one attached hydrogen (secondary N) is 1. The second-order valence-corrected chi connectivity index (χ2v) is 6.23. The minimum atomic E-state index is 0.573. The number of benzene rings is 1. The molecule has 7 heteroatoms. The Hall–Kier alpha value is -2.05. The Morgan fingerprint density at radius 2 is 1.92 bits per heavy atom. The number of hydrogen-bond donors (Lipinski definition) is 2. The van der Waals surface area contributed by atoms with E-state index >= 15 is 0 Å². The van der Waals surface area contributed by atoms with Gasteiger partial charge < -0.3 is 20.9 Å². The van der Waals surface area contributed by atoms with Crippen molar-refractivity contribution in [1.82, 2.24) is 14.9 Å². The topological polar surface area (TPSA) is 70.3 Å². The van der Waals surface area contributed by atoms with Gasteiger partial charge in [0, 0.05) is 37.7 Å². The van der Waals surface area contributed by atoms with Crippen molar-refractivity contribution < 1.29 is 0 Å². The van der Waals surface area contributed by atoms with Crippen molar-refractivity contribution in [2.45, 2.75) is 13.5 Å². The van der Waals surface area contributed by atoms with Crippen LogP contribution in [0.1, 0.15) is 12.5 Å². The summed E-state index contributed by atoms with van der Waals surface area (Å²) in [4.78, 5) is 13.3. The summed E-state index contributed by atoms with van der Waals surface area (Å²) in [6.07, 6.45) is 1.56. The number of aromatic nitrogens is 2. The summed E-state index contributed by atoms with van der Waals surface area (Å²) in [5.74, 6) is 1.46. The third-order valence-electron chi connectivity index (χ3n) is 4.39. The molecule has 1 aliphatic rings. The van der Waals surface area contributed by atoms with Crippen LogP contribution in [0.25, 0.3) is 0 Å². The van der Waals surface area contributed by atoms with Crippen molar-refractivity contribution in [1.29, 1.82) is 0 Å². The highest BCUT2D eigenvalue weighted by Crippen LogP contribution is 2.27. The molecule has 3 rings (SSSR count). The van der Waals surface area contributed by atoms with E-state index < -0.39 is 0 Å². The Morgan fingerprint density at radius 1 is 1.17 bits per heavy atom. The fraction of sp³-hybridized carbons (Fsp3) is 0.412. The van der Waals surface area contributed by atoms with Crippen LogP contribution in [0.3, 0.4) is 0 Å². The number of nitrogens with zero attached hydrogens (tertiary/aromatic N) is 4. The first-order chi connectivity index (χ1) is 11.7. The van der Waals surface area contributed by atoms with Crippen LogP contribution in [-0.4, -0.2) is 47.6 Å². The van der Waals surface area contributed by atoms with Crippen molar-refractivity contribution in [3.8, 4) is 0 Å². The highest BCUT2D eigenvalue weighted by Gasteiger charge is 2.20. The highest BCUT2D eigenvalue weighted by atomic mass is 35.5. The van der Waals surface area contributed by atoms with Crippen LogP contribution in [0.15, 0.2) is 30.6 Å². The smallest absolute Gasteiger partial charge is 0.157 e. The molecule has 128 valence electrons. The Morgan fingerprint density at radius 3 is 2.62 bits per heavy atom. The SMILES string of the molecule is CCN1CCN(c2ncnc(NCc3ccccc3Cl)c2N)CC1. The lowest BCUT2D eigenvalue weighted by Gasteiger charge is -2.35. The molecule has 1 aromatic carbocycles. The van der Waals surface area contributed by atoms with Crippen LogP contribution in [0.4, 0.5) is 17.3 Å². The number of piperazine rings is 1. The number of nitrogens with two attached hydrogens (primary N) is 1. The molecule has 1 aromatic heterocycles. The fourth-order valence-electron chi connectivity index (χ4n) is 2.88. The molecule has 2 heterocycles. The lowest BCUT2D eigenvalue weighted by molar-refractivity contribution is 0.270. The Balaban J connectivity index is 1.71. The van der Waals surface area contributed by atoms with Gasteiger partial charge in [-0.2, -0.15) is 0 Å². The van der Waals surface area contributed by atoms with Crippen LogP contribution >= 0.6 is 11.6 Å². The number of hydrogen-bond acceptors (Lipinski definition) is 6. The van der Waals surface area contributed by atoms with Gasteiger partial charge in [0.05, 0.1) is 0 Å². The van der Waals surface area contributed by atoms with Crippen LogP contribution in [0.5, 0.6) is 0 Å². The van der Waals surface area contributed by atoms with Crippen LogP contribution in [-0.2, 0) is 6.54 Å². The third-order valence-corrected chi connectivity index (χ3v) is 4.75. The molecular weight excluding hydrogens is 324 g/mol. The van der Waals surface area contributed by atoms with E-state index in [-0.39, 0.29) is 0 Å². The summed E-state index contributed by atoms with van der Waals surface area (Å²) in [6.45, 7) is 7.76. The van der Waals surface area contributed by atoms with Gasteiger partial charge in [0.2, 0.25) is 0 Å². The zero-order valence-electron chi connectivity index (χ0n) is 13.9. The Labute approximate surface area is 147 Å². The van der Waals surface area contributed by atoms with Gasteiger partial charge >= 0.3 is 0 Å². The van der Waals surface area contributed by atoms with E-state index in [2.05, 4.69) is 32.0 Å². The quantitative estimate of drug-likeness (QED) is 0.866. The molecule has 24 heavy (non-hydrogen) atoms. The van der Waals surface area contributed by atoms with Crippen molar-refractivity contribution in [2.75, 3.05) is 48.7 Å². The van der Waals surface area contributed by atoms with Crippen LogP contribution < -0.4 is 16.0 Å². The molecule has 0 saturated carbocycles.